The first-order valence-corrected chi connectivity index (χ1v) is 7.07. The number of rotatable bonds is 3. The van der Waals surface area contributed by atoms with Gasteiger partial charge in [-0.3, -0.25) is 0 Å². The van der Waals surface area contributed by atoms with Crippen molar-refractivity contribution in [2.24, 2.45) is 5.73 Å². The Kier molecular flexibility index (Phi) is 3.48. The van der Waals surface area contributed by atoms with Gasteiger partial charge in [-0.05, 0) is 25.0 Å². The second-order valence-electron chi connectivity index (χ2n) is 3.73. The molecule has 0 saturated carbocycles. The minimum atomic E-state index is -2.23. The summed E-state index contributed by atoms with van der Waals surface area (Å²) in [5.41, 5.74) is 6.49. The Morgan fingerprint density at radius 3 is 2.64 bits per heavy atom. The molecule has 78 valence electrons. The Labute approximate surface area is 84.3 Å². The van der Waals surface area contributed by atoms with Gasteiger partial charge in [0.1, 0.15) is 7.14 Å². The summed E-state index contributed by atoms with van der Waals surface area (Å²) in [5, 5.41) is 9.69. The van der Waals surface area contributed by atoms with E-state index in [1.807, 2.05) is 24.3 Å². The molecule has 0 aromatic heterocycles. The van der Waals surface area contributed by atoms with Crippen molar-refractivity contribution in [3.63, 3.8) is 0 Å². The summed E-state index contributed by atoms with van der Waals surface area (Å²) in [7, 11) is -2.23. The van der Waals surface area contributed by atoms with Crippen molar-refractivity contribution in [2.45, 2.75) is 6.04 Å². The molecule has 0 spiro atoms. The highest BCUT2D eigenvalue weighted by molar-refractivity contribution is 7.70. The Hall–Kier alpha value is -0.630. The zero-order valence-corrected chi connectivity index (χ0v) is 9.37. The number of hydrogen-bond acceptors (Lipinski definition) is 3. The van der Waals surface area contributed by atoms with E-state index in [1.54, 1.807) is 13.3 Å². The summed E-state index contributed by atoms with van der Waals surface area (Å²) in [6, 6.07) is 6.90. The monoisotopic (exact) mass is 213 g/mol. The van der Waals surface area contributed by atoms with Crippen LogP contribution in [0.15, 0.2) is 24.3 Å². The van der Waals surface area contributed by atoms with Crippen molar-refractivity contribution in [1.82, 2.24) is 0 Å². The summed E-state index contributed by atoms with van der Waals surface area (Å²) >= 11 is 0. The highest BCUT2D eigenvalue weighted by atomic mass is 31.2. The number of aliphatic hydroxyl groups is 1. The van der Waals surface area contributed by atoms with E-state index in [9.17, 15) is 4.57 Å². The zero-order valence-electron chi connectivity index (χ0n) is 8.47. The number of aliphatic hydroxyl groups excluding tert-OH is 1. The quantitative estimate of drug-likeness (QED) is 0.734. The Morgan fingerprint density at radius 2 is 2.14 bits per heavy atom. The van der Waals surface area contributed by atoms with Crippen LogP contribution in [0.5, 0.6) is 0 Å². The predicted molar refractivity (Wildman–Crippen MR) is 59.5 cm³/mol. The van der Waals surface area contributed by atoms with E-state index in [2.05, 4.69) is 0 Å². The third-order valence-corrected chi connectivity index (χ3v) is 3.64. The average Bonchev–Trinajstić information content (AvgIpc) is 2.15. The smallest absolute Gasteiger partial charge is 0.109 e. The molecule has 4 heteroatoms. The van der Waals surface area contributed by atoms with Gasteiger partial charge in [0.05, 0.1) is 12.6 Å². The van der Waals surface area contributed by atoms with Crippen molar-refractivity contribution in [2.75, 3.05) is 19.9 Å². The summed E-state index contributed by atoms with van der Waals surface area (Å²) in [6.07, 6.45) is 0. The van der Waals surface area contributed by atoms with E-state index in [0.29, 0.717) is 0 Å². The van der Waals surface area contributed by atoms with Crippen molar-refractivity contribution < 1.29 is 9.67 Å². The Morgan fingerprint density at radius 1 is 1.50 bits per heavy atom. The standard InChI is InChI=1S/C10H16NO2P/c1-14(2,13)9-5-3-4-8(6-9)10(11)7-12/h3-6,10,12H,7,11H2,1-2H3. The molecule has 14 heavy (non-hydrogen) atoms. The first kappa shape index (κ1) is 11.4. The highest BCUT2D eigenvalue weighted by Gasteiger charge is 2.12. The SMILES string of the molecule is CP(C)(=O)c1cccc(C(N)CO)c1. The van der Waals surface area contributed by atoms with Crippen molar-refractivity contribution in [3.05, 3.63) is 29.8 Å². The molecule has 0 aliphatic carbocycles. The maximum absolute atomic E-state index is 11.8. The van der Waals surface area contributed by atoms with Gasteiger partial charge in [0.2, 0.25) is 0 Å². The third-order valence-electron chi connectivity index (χ3n) is 2.12. The molecular formula is C10H16NO2P. The molecule has 0 heterocycles. The number of hydrogen-bond donors (Lipinski definition) is 2. The topological polar surface area (TPSA) is 63.3 Å². The van der Waals surface area contributed by atoms with E-state index in [-0.39, 0.29) is 12.6 Å². The van der Waals surface area contributed by atoms with Crippen LogP contribution in [0, 0.1) is 0 Å². The van der Waals surface area contributed by atoms with Gasteiger partial charge in [0, 0.05) is 5.30 Å². The minimum absolute atomic E-state index is 0.0960. The van der Waals surface area contributed by atoms with Gasteiger partial charge in [-0.1, -0.05) is 18.2 Å². The van der Waals surface area contributed by atoms with Crippen LogP contribution < -0.4 is 11.0 Å². The fourth-order valence-electron chi connectivity index (χ4n) is 1.20. The molecule has 0 amide bonds. The van der Waals surface area contributed by atoms with Crippen molar-refractivity contribution >= 4 is 12.4 Å². The molecule has 1 unspecified atom stereocenters. The maximum atomic E-state index is 11.8. The second kappa shape index (κ2) is 4.26. The van der Waals surface area contributed by atoms with Gasteiger partial charge < -0.3 is 15.4 Å². The molecule has 0 fully saturated rings. The van der Waals surface area contributed by atoms with Crippen LogP contribution in [-0.2, 0) is 4.57 Å². The van der Waals surface area contributed by atoms with Gasteiger partial charge >= 0.3 is 0 Å². The van der Waals surface area contributed by atoms with Crippen molar-refractivity contribution in [3.8, 4) is 0 Å². The van der Waals surface area contributed by atoms with Crippen LogP contribution in [0.4, 0.5) is 0 Å². The van der Waals surface area contributed by atoms with Crippen LogP contribution in [0.25, 0.3) is 0 Å². The lowest BCUT2D eigenvalue weighted by atomic mass is 10.1. The van der Waals surface area contributed by atoms with Gasteiger partial charge in [0.25, 0.3) is 0 Å². The fourth-order valence-corrected chi connectivity index (χ4v) is 2.10. The van der Waals surface area contributed by atoms with Crippen LogP contribution in [0.1, 0.15) is 11.6 Å². The lowest BCUT2D eigenvalue weighted by Crippen LogP contribution is -2.16. The zero-order chi connectivity index (χ0) is 10.8. The fraction of sp³-hybridized carbons (Fsp3) is 0.400. The number of nitrogens with two attached hydrogens (primary N) is 1. The first-order valence-electron chi connectivity index (χ1n) is 4.47. The molecule has 1 aromatic carbocycles. The van der Waals surface area contributed by atoms with Gasteiger partial charge in [0.15, 0.2) is 0 Å². The molecule has 1 atom stereocenters. The molecule has 0 saturated heterocycles. The Balaban J connectivity index is 3.08. The molecule has 3 N–H and O–H groups in total. The minimum Gasteiger partial charge on any atom is -0.394 e. The third kappa shape index (κ3) is 2.68. The normalized spacial score (nSPS) is 14.0. The molecule has 1 aromatic rings. The highest BCUT2D eigenvalue weighted by Crippen LogP contribution is 2.34. The van der Waals surface area contributed by atoms with Crippen LogP contribution in [0.2, 0.25) is 0 Å². The predicted octanol–water partition coefficient (Wildman–Crippen LogP) is 0.927. The molecule has 0 bridgehead atoms. The van der Waals surface area contributed by atoms with Crippen LogP contribution in [-0.4, -0.2) is 25.0 Å². The van der Waals surface area contributed by atoms with Gasteiger partial charge in [-0.25, -0.2) is 0 Å². The van der Waals surface area contributed by atoms with E-state index in [0.717, 1.165) is 10.9 Å². The molecule has 1 rings (SSSR count). The van der Waals surface area contributed by atoms with Crippen molar-refractivity contribution in [1.29, 1.82) is 0 Å². The summed E-state index contributed by atoms with van der Waals surface area (Å²) in [5.74, 6) is 0. The average molecular weight is 213 g/mol. The maximum Gasteiger partial charge on any atom is 0.109 e. The summed E-state index contributed by atoms with van der Waals surface area (Å²) in [4.78, 5) is 0. The summed E-state index contributed by atoms with van der Waals surface area (Å²) < 4.78 is 11.8. The summed E-state index contributed by atoms with van der Waals surface area (Å²) in [6.45, 7) is 3.34. The van der Waals surface area contributed by atoms with E-state index >= 15 is 0 Å². The first-order chi connectivity index (χ1) is 6.45. The molecule has 0 aliphatic rings. The Bertz CT molecular complexity index is 359. The van der Waals surface area contributed by atoms with E-state index in [4.69, 9.17) is 10.8 Å². The van der Waals surface area contributed by atoms with Crippen LogP contribution in [0.3, 0.4) is 0 Å². The molecular weight excluding hydrogens is 197 g/mol. The van der Waals surface area contributed by atoms with Gasteiger partial charge in [-0.15, -0.1) is 0 Å². The van der Waals surface area contributed by atoms with Gasteiger partial charge in [-0.2, -0.15) is 0 Å². The van der Waals surface area contributed by atoms with Crippen LogP contribution >= 0.6 is 7.14 Å². The second-order valence-corrected chi connectivity index (χ2v) is 6.95. The lowest BCUT2D eigenvalue weighted by Gasteiger charge is -2.12. The molecule has 3 nitrogen and oxygen atoms in total. The van der Waals surface area contributed by atoms with E-state index < -0.39 is 7.14 Å². The molecule has 0 aliphatic heterocycles. The van der Waals surface area contributed by atoms with E-state index in [1.165, 1.54) is 0 Å². The lowest BCUT2D eigenvalue weighted by molar-refractivity contribution is 0.268. The largest absolute Gasteiger partial charge is 0.394 e. The molecule has 0 radical (unpaired) electrons. The number of benzene rings is 1.